The average Bonchev–Trinajstić information content (AvgIpc) is 3.01. The van der Waals surface area contributed by atoms with Gasteiger partial charge in [-0.25, -0.2) is 4.98 Å². The highest BCUT2D eigenvalue weighted by atomic mass is 32.2. The number of imidazole rings is 1. The van der Waals surface area contributed by atoms with Crippen molar-refractivity contribution in [1.29, 1.82) is 0 Å². The summed E-state index contributed by atoms with van der Waals surface area (Å²) in [5.41, 5.74) is 1.77. The van der Waals surface area contributed by atoms with Crippen LogP contribution in [0.4, 0.5) is 0 Å². The summed E-state index contributed by atoms with van der Waals surface area (Å²) >= 11 is 1.42. The molecule has 2 heterocycles. The lowest BCUT2D eigenvalue weighted by molar-refractivity contribution is -0.140. The summed E-state index contributed by atoms with van der Waals surface area (Å²) in [6.45, 7) is 5.79. The molecule has 2 aromatic rings. The molecule has 1 aromatic heterocycles. The summed E-state index contributed by atoms with van der Waals surface area (Å²) < 4.78 is 7.68. The van der Waals surface area contributed by atoms with E-state index in [1.807, 2.05) is 47.7 Å². The lowest BCUT2D eigenvalue weighted by Crippen LogP contribution is -2.48. The van der Waals surface area contributed by atoms with Crippen molar-refractivity contribution in [3.8, 4) is 0 Å². The van der Waals surface area contributed by atoms with Crippen LogP contribution in [0.1, 0.15) is 25.1 Å². The van der Waals surface area contributed by atoms with E-state index in [0.29, 0.717) is 31.1 Å². The van der Waals surface area contributed by atoms with E-state index in [-0.39, 0.29) is 24.7 Å². The fourth-order valence-corrected chi connectivity index (χ4v) is 4.03. The monoisotopic (exact) mass is 375 g/mol. The molecular formula is C19H25N3O3S. The summed E-state index contributed by atoms with van der Waals surface area (Å²) in [5, 5.41) is 10.2. The van der Waals surface area contributed by atoms with Gasteiger partial charge in [-0.05, 0) is 19.4 Å². The summed E-state index contributed by atoms with van der Waals surface area (Å²) in [5.74, 6) is 0.424. The molecule has 1 saturated heterocycles. The zero-order valence-electron chi connectivity index (χ0n) is 15.2. The minimum absolute atomic E-state index is 0.0637. The van der Waals surface area contributed by atoms with Gasteiger partial charge < -0.3 is 19.3 Å². The lowest BCUT2D eigenvalue weighted by Gasteiger charge is -2.35. The lowest BCUT2D eigenvalue weighted by atomic mass is 10.2. The van der Waals surface area contributed by atoms with Crippen LogP contribution in [0.5, 0.6) is 0 Å². The quantitative estimate of drug-likeness (QED) is 0.784. The average molecular weight is 375 g/mol. The molecule has 1 aliphatic heterocycles. The van der Waals surface area contributed by atoms with Crippen LogP contribution in [0.15, 0.2) is 41.7 Å². The van der Waals surface area contributed by atoms with Gasteiger partial charge in [-0.3, -0.25) is 4.79 Å². The number of carbonyl (C=O) groups is 1. The van der Waals surface area contributed by atoms with Crippen LogP contribution >= 0.6 is 11.8 Å². The summed E-state index contributed by atoms with van der Waals surface area (Å²) in [6.07, 6.45) is 1.97. The molecule has 1 fully saturated rings. The highest BCUT2D eigenvalue weighted by Gasteiger charge is 2.26. The van der Waals surface area contributed by atoms with E-state index < -0.39 is 0 Å². The molecule has 0 spiro atoms. The fraction of sp³-hybridized carbons (Fsp3) is 0.474. The molecular weight excluding hydrogens is 350 g/mol. The Morgan fingerprint density at radius 3 is 2.62 bits per heavy atom. The summed E-state index contributed by atoms with van der Waals surface area (Å²) in [6, 6.07) is 10.1. The van der Waals surface area contributed by atoms with E-state index in [4.69, 9.17) is 4.74 Å². The van der Waals surface area contributed by atoms with Gasteiger partial charge in [0.05, 0.1) is 30.3 Å². The smallest absolute Gasteiger partial charge is 0.233 e. The van der Waals surface area contributed by atoms with E-state index in [9.17, 15) is 9.90 Å². The van der Waals surface area contributed by atoms with E-state index >= 15 is 0 Å². The van der Waals surface area contributed by atoms with Gasteiger partial charge in [-0.1, -0.05) is 42.1 Å². The SMILES string of the molecule is C[C@H]1CN(C(=O)CSc2nc(CO)cn2Cc2ccccc2)C[C@H](C)O1. The molecule has 2 atom stereocenters. The fourth-order valence-electron chi connectivity index (χ4n) is 3.13. The number of thioether (sulfide) groups is 1. The molecule has 1 N–H and O–H groups in total. The number of aliphatic hydroxyl groups is 1. The van der Waals surface area contributed by atoms with Crippen LogP contribution in [0, 0.1) is 0 Å². The third-order valence-electron chi connectivity index (χ3n) is 4.24. The Kier molecular flexibility index (Phi) is 6.34. The van der Waals surface area contributed by atoms with Crippen LogP contribution in [0.25, 0.3) is 0 Å². The van der Waals surface area contributed by atoms with Gasteiger partial charge in [0.1, 0.15) is 0 Å². The molecule has 0 radical (unpaired) electrons. The van der Waals surface area contributed by atoms with Gasteiger partial charge in [-0.2, -0.15) is 0 Å². The topological polar surface area (TPSA) is 67.6 Å². The van der Waals surface area contributed by atoms with Crippen molar-refractivity contribution < 1.29 is 14.6 Å². The number of carbonyl (C=O) groups excluding carboxylic acids is 1. The van der Waals surface area contributed by atoms with Crippen molar-refractivity contribution in [2.24, 2.45) is 0 Å². The third kappa shape index (κ3) is 4.87. The van der Waals surface area contributed by atoms with E-state index in [1.165, 1.54) is 11.8 Å². The Balaban J connectivity index is 1.65. The predicted octanol–water partition coefficient (Wildman–Crippen LogP) is 2.15. The molecule has 3 rings (SSSR count). The second-order valence-corrected chi connectivity index (χ2v) is 7.57. The maximum Gasteiger partial charge on any atom is 0.233 e. The Morgan fingerprint density at radius 1 is 1.27 bits per heavy atom. The standard InChI is InChI=1S/C19H25N3O3S/c1-14-8-21(9-15(2)25-14)18(24)13-26-19-20-17(12-23)11-22(19)10-16-6-4-3-5-7-16/h3-7,11,14-15,23H,8-10,12-13H2,1-2H3/t14-,15-/m0/s1. The number of hydrogen-bond acceptors (Lipinski definition) is 5. The van der Waals surface area contributed by atoms with Gasteiger partial charge in [0.15, 0.2) is 5.16 Å². The number of nitrogens with zero attached hydrogens (tertiary/aromatic N) is 3. The van der Waals surface area contributed by atoms with Crippen molar-refractivity contribution in [1.82, 2.24) is 14.5 Å². The predicted molar refractivity (Wildman–Crippen MR) is 101 cm³/mol. The van der Waals surface area contributed by atoms with Crippen molar-refractivity contribution >= 4 is 17.7 Å². The number of rotatable bonds is 6. The molecule has 26 heavy (non-hydrogen) atoms. The number of ether oxygens (including phenoxy) is 1. The number of aliphatic hydroxyl groups excluding tert-OH is 1. The molecule has 6 nitrogen and oxygen atoms in total. The maximum absolute atomic E-state index is 12.6. The normalized spacial score (nSPS) is 20.3. The van der Waals surface area contributed by atoms with E-state index in [1.54, 1.807) is 0 Å². The van der Waals surface area contributed by atoms with Gasteiger partial charge in [0.2, 0.25) is 5.91 Å². The van der Waals surface area contributed by atoms with Crippen LogP contribution in [-0.2, 0) is 22.7 Å². The van der Waals surface area contributed by atoms with Crippen molar-refractivity contribution in [2.75, 3.05) is 18.8 Å². The minimum atomic E-state index is -0.109. The second kappa shape index (κ2) is 8.70. The molecule has 140 valence electrons. The first-order chi connectivity index (χ1) is 12.5. The second-order valence-electron chi connectivity index (χ2n) is 6.63. The van der Waals surface area contributed by atoms with E-state index in [0.717, 1.165) is 10.7 Å². The largest absolute Gasteiger partial charge is 0.390 e. The summed E-state index contributed by atoms with van der Waals surface area (Å²) in [4.78, 5) is 18.9. The zero-order chi connectivity index (χ0) is 18.5. The van der Waals surface area contributed by atoms with Crippen molar-refractivity contribution in [3.05, 3.63) is 47.8 Å². The van der Waals surface area contributed by atoms with Gasteiger partial charge >= 0.3 is 0 Å². The Labute approximate surface area is 158 Å². The first-order valence-corrected chi connectivity index (χ1v) is 9.80. The first-order valence-electron chi connectivity index (χ1n) is 8.82. The number of benzene rings is 1. The molecule has 1 aromatic carbocycles. The van der Waals surface area contributed by atoms with Gasteiger partial charge in [0.25, 0.3) is 0 Å². The van der Waals surface area contributed by atoms with E-state index in [2.05, 4.69) is 17.1 Å². The Bertz CT molecular complexity index is 725. The molecule has 0 bridgehead atoms. The Morgan fingerprint density at radius 2 is 1.96 bits per heavy atom. The van der Waals surface area contributed by atoms with Crippen LogP contribution in [0.3, 0.4) is 0 Å². The Hall–Kier alpha value is -1.83. The summed E-state index contributed by atoms with van der Waals surface area (Å²) in [7, 11) is 0. The van der Waals surface area contributed by atoms with Gasteiger partial charge in [-0.15, -0.1) is 0 Å². The highest BCUT2D eigenvalue weighted by molar-refractivity contribution is 7.99. The molecule has 0 unspecified atom stereocenters. The minimum Gasteiger partial charge on any atom is -0.390 e. The zero-order valence-corrected chi connectivity index (χ0v) is 16.0. The maximum atomic E-state index is 12.6. The van der Waals surface area contributed by atoms with Crippen LogP contribution in [-0.4, -0.2) is 56.5 Å². The van der Waals surface area contributed by atoms with Gasteiger partial charge in [0, 0.05) is 25.8 Å². The molecule has 7 heteroatoms. The highest BCUT2D eigenvalue weighted by Crippen LogP contribution is 2.21. The number of hydrogen-bond donors (Lipinski definition) is 1. The third-order valence-corrected chi connectivity index (χ3v) is 5.22. The first kappa shape index (κ1) is 18.9. The molecule has 1 amide bonds. The molecule has 0 aliphatic carbocycles. The van der Waals surface area contributed by atoms with Crippen molar-refractivity contribution in [3.63, 3.8) is 0 Å². The van der Waals surface area contributed by atoms with Crippen LogP contribution in [0.2, 0.25) is 0 Å². The van der Waals surface area contributed by atoms with Crippen LogP contribution < -0.4 is 0 Å². The molecule has 0 saturated carbocycles. The number of aromatic nitrogens is 2. The number of amides is 1. The van der Waals surface area contributed by atoms with Crippen molar-refractivity contribution in [2.45, 2.75) is 44.4 Å². The molecule has 1 aliphatic rings. The number of morpholine rings is 1.